The molecular weight excluding hydrogens is 773 g/mol. The predicted molar refractivity (Wildman–Crippen MR) is 272 cm³/mol. The summed E-state index contributed by atoms with van der Waals surface area (Å²) in [5, 5.41) is 3.71. The maximum Gasteiger partial charge on any atom is 0.0619 e. The number of anilines is 3. The lowest BCUT2D eigenvalue weighted by atomic mass is 9.95. The molecule has 0 atom stereocenters. The minimum Gasteiger partial charge on any atom is -0.310 e. The molecule has 0 amide bonds. The normalized spacial score (nSPS) is 11.3. The van der Waals surface area contributed by atoms with Crippen LogP contribution in [0, 0.1) is 13.8 Å². The van der Waals surface area contributed by atoms with Gasteiger partial charge in [0, 0.05) is 39.1 Å². The van der Waals surface area contributed by atoms with E-state index in [0.717, 1.165) is 22.7 Å². The van der Waals surface area contributed by atoms with Gasteiger partial charge in [0.05, 0.1) is 11.2 Å². The van der Waals surface area contributed by atoms with Crippen molar-refractivity contribution < 1.29 is 0 Å². The van der Waals surface area contributed by atoms with Gasteiger partial charge in [0.15, 0.2) is 0 Å². The van der Waals surface area contributed by atoms with Crippen LogP contribution in [-0.4, -0.2) is 4.57 Å². The summed E-state index contributed by atoms with van der Waals surface area (Å²) in [5.74, 6) is 0. The second-order valence-corrected chi connectivity index (χ2v) is 16.6. The van der Waals surface area contributed by atoms with Crippen LogP contribution in [0.2, 0.25) is 0 Å². The second-order valence-electron chi connectivity index (χ2n) is 16.6. The molecule has 10 aromatic carbocycles. The molecule has 0 aliphatic carbocycles. The number of rotatable bonds is 9. The van der Waals surface area contributed by atoms with E-state index in [2.05, 4.69) is 266 Å². The van der Waals surface area contributed by atoms with Crippen LogP contribution in [0.4, 0.5) is 17.1 Å². The van der Waals surface area contributed by atoms with Crippen molar-refractivity contribution in [2.75, 3.05) is 4.90 Å². The Morgan fingerprint density at radius 1 is 0.328 bits per heavy atom. The van der Waals surface area contributed by atoms with E-state index in [0.29, 0.717) is 0 Å². The van der Waals surface area contributed by atoms with Crippen LogP contribution < -0.4 is 4.90 Å². The van der Waals surface area contributed by atoms with E-state index < -0.39 is 0 Å². The molecule has 0 N–H and O–H groups in total. The van der Waals surface area contributed by atoms with Gasteiger partial charge in [0.2, 0.25) is 0 Å². The van der Waals surface area contributed by atoms with Gasteiger partial charge >= 0.3 is 0 Å². The molecular formula is C62H46N2. The minimum atomic E-state index is 1.11. The van der Waals surface area contributed by atoms with Crippen molar-refractivity contribution in [1.29, 1.82) is 0 Å². The molecule has 1 aromatic heterocycles. The molecule has 0 fully saturated rings. The summed E-state index contributed by atoms with van der Waals surface area (Å²) in [5.41, 5.74) is 20.2. The topological polar surface area (TPSA) is 8.17 Å². The SMILES string of the molecule is Cc1cc(N(c2ccc(-c3ccccc3)cc2)c2ccc(-c3ccccc3)cc2)ccc1-c1ccc(-n2c(-c3ccccc3)c(-c3ccccc3)c3ccc4ccccc4c32)cc1C. The van der Waals surface area contributed by atoms with Gasteiger partial charge in [-0.25, -0.2) is 0 Å². The van der Waals surface area contributed by atoms with Gasteiger partial charge in [-0.2, -0.15) is 0 Å². The molecule has 0 saturated carbocycles. The Hall–Kier alpha value is -8.20. The van der Waals surface area contributed by atoms with Gasteiger partial charge in [0.1, 0.15) is 0 Å². The first-order chi connectivity index (χ1) is 31.6. The van der Waals surface area contributed by atoms with Crippen LogP contribution in [0.15, 0.2) is 243 Å². The van der Waals surface area contributed by atoms with Crippen molar-refractivity contribution in [2.24, 2.45) is 0 Å². The summed E-state index contributed by atoms with van der Waals surface area (Å²) in [6.45, 7) is 4.50. The highest BCUT2D eigenvalue weighted by Gasteiger charge is 2.24. The van der Waals surface area contributed by atoms with Gasteiger partial charge in [0.25, 0.3) is 0 Å². The number of hydrogen-bond acceptors (Lipinski definition) is 1. The molecule has 0 unspecified atom stereocenters. The Balaban J connectivity index is 1.02. The number of aromatic nitrogens is 1. The van der Waals surface area contributed by atoms with Crippen molar-refractivity contribution in [3.63, 3.8) is 0 Å². The van der Waals surface area contributed by atoms with E-state index in [-0.39, 0.29) is 0 Å². The lowest BCUT2D eigenvalue weighted by Gasteiger charge is -2.27. The van der Waals surface area contributed by atoms with Gasteiger partial charge in [-0.1, -0.05) is 194 Å². The van der Waals surface area contributed by atoms with Crippen molar-refractivity contribution in [3.8, 4) is 61.5 Å². The Morgan fingerprint density at radius 2 is 0.781 bits per heavy atom. The van der Waals surface area contributed by atoms with E-state index >= 15 is 0 Å². The van der Waals surface area contributed by atoms with Crippen LogP contribution in [0.1, 0.15) is 11.1 Å². The zero-order chi connectivity index (χ0) is 43.0. The largest absolute Gasteiger partial charge is 0.310 e. The molecule has 0 saturated heterocycles. The fourth-order valence-corrected chi connectivity index (χ4v) is 9.57. The van der Waals surface area contributed by atoms with E-state index in [4.69, 9.17) is 0 Å². The highest BCUT2D eigenvalue weighted by Crippen LogP contribution is 2.46. The Bertz CT molecular complexity index is 3320. The van der Waals surface area contributed by atoms with E-state index in [9.17, 15) is 0 Å². The maximum atomic E-state index is 2.51. The van der Waals surface area contributed by atoms with Gasteiger partial charge in [-0.15, -0.1) is 0 Å². The fourth-order valence-electron chi connectivity index (χ4n) is 9.57. The summed E-state index contributed by atoms with van der Waals surface area (Å²) in [6.07, 6.45) is 0. The first-order valence-corrected chi connectivity index (χ1v) is 22.1. The molecule has 0 spiro atoms. The molecule has 11 aromatic rings. The molecule has 64 heavy (non-hydrogen) atoms. The Labute approximate surface area is 375 Å². The molecule has 304 valence electrons. The summed E-state index contributed by atoms with van der Waals surface area (Å²) >= 11 is 0. The minimum absolute atomic E-state index is 1.11. The molecule has 1 heterocycles. The quantitative estimate of drug-likeness (QED) is 0.141. The standard InChI is InChI=1S/C62H46N2/c1-43-41-54(63(52-32-27-47(28-33-52)45-17-7-3-8-18-45)53-34-29-48(30-35-53)46-19-9-4-10-20-46)36-39-56(43)57-40-37-55(42-44(57)2)64-61(51-24-13-6-14-25-51)60(50-22-11-5-12-23-50)59-38-31-49-21-15-16-26-58(49)62(59)64/h3-42H,1-2H3. The number of aryl methyl sites for hydroxylation is 2. The maximum absolute atomic E-state index is 2.51. The molecule has 2 nitrogen and oxygen atoms in total. The van der Waals surface area contributed by atoms with Crippen molar-refractivity contribution in [1.82, 2.24) is 4.57 Å². The van der Waals surface area contributed by atoms with Crippen LogP contribution in [0.25, 0.3) is 83.1 Å². The first-order valence-electron chi connectivity index (χ1n) is 22.1. The average molecular weight is 819 g/mol. The highest BCUT2D eigenvalue weighted by atomic mass is 15.1. The third kappa shape index (κ3) is 7.06. The highest BCUT2D eigenvalue weighted by molar-refractivity contribution is 6.16. The average Bonchev–Trinajstić information content (AvgIpc) is 3.72. The molecule has 0 radical (unpaired) electrons. The Morgan fingerprint density at radius 3 is 1.33 bits per heavy atom. The van der Waals surface area contributed by atoms with E-state index in [1.807, 2.05) is 0 Å². The lowest BCUT2D eigenvalue weighted by Crippen LogP contribution is -2.10. The van der Waals surface area contributed by atoms with Crippen LogP contribution in [0.5, 0.6) is 0 Å². The molecule has 0 aliphatic heterocycles. The number of nitrogens with zero attached hydrogens (tertiary/aromatic N) is 2. The third-order valence-electron chi connectivity index (χ3n) is 12.7. The fraction of sp³-hybridized carbons (Fsp3) is 0.0323. The van der Waals surface area contributed by atoms with Crippen LogP contribution in [-0.2, 0) is 0 Å². The first kappa shape index (κ1) is 38.7. The van der Waals surface area contributed by atoms with Crippen molar-refractivity contribution >= 4 is 38.7 Å². The molecule has 0 bridgehead atoms. The van der Waals surface area contributed by atoms with Gasteiger partial charge in [-0.05, 0) is 123 Å². The second kappa shape index (κ2) is 16.6. The summed E-state index contributed by atoms with van der Waals surface area (Å²) in [6, 6.07) is 88.0. The molecule has 11 rings (SSSR count). The van der Waals surface area contributed by atoms with Gasteiger partial charge < -0.3 is 9.47 Å². The number of hydrogen-bond donors (Lipinski definition) is 0. The zero-order valence-corrected chi connectivity index (χ0v) is 36.0. The third-order valence-corrected chi connectivity index (χ3v) is 12.7. The van der Waals surface area contributed by atoms with Crippen LogP contribution in [0.3, 0.4) is 0 Å². The Kier molecular flexibility index (Phi) is 10.0. The summed E-state index contributed by atoms with van der Waals surface area (Å²) in [4.78, 5) is 2.37. The lowest BCUT2D eigenvalue weighted by molar-refractivity contribution is 1.13. The number of benzene rings is 10. The zero-order valence-electron chi connectivity index (χ0n) is 36.0. The molecule has 0 aliphatic rings. The van der Waals surface area contributed by atoms with Crippen molar-refractivity contribution in [2.45, 2.75) is 13.8 Å². The monoisotopic (exact) mass is 818 g/mol. The smallest absolute Gasteiger partial charge is 0.0619 e. The summed E-state index contributed by atoms with van der Waals surface area (Å²) in [7, 11) is 0. The van der Waals surface area contributed by atoms with Crippen molar-refractivity contribution in [3.05, 3.63) is 254 Å². The van der Waals surface area contributed by atoms with E-state index in [1.54, 1.807) is 0 Å². The van der Waals surface area contributed by atoms with E-state index in [1.165, 1.54) is 88.6 Å². The number of fused-ring (bicyclic) bond motifs is 3. The summed E-state index contributed by atoms with van der Waals surface area (Å²) < 4.78 is 2.51. The molecule has 2 heteroatoms. The predicted octanol–water partition coefficient (Wildman–Crippen LogP) is 17.2. The van der Waals surface area contributed by atoms with Crippen LogP contribution >= 0.6 is 0 Å². The van der Waals surface area contributed by atoms with Gasteiger partial charge in [-0.3, -0.25) is 0 Å².